The second-order valence-corrected chi connectivity index (χ2v) is 8.94. The molecule has 0 bridgehead atoms. The zero-order valence-corrected chi connectivity index (χ0v) is 19.1. The summed E-state index contributed by atoms with van der Waals surface area (Å²) in [7, 11) is 1.57. The highest BCUT2D eigenvalue weighted by Gasteiger charge is 2.16. The second kappa shape index (κ2) is 9.13. The zero-order valence-electron chi connectivity index (χ0n) is 16.7. The summed E-state index contributed by atoms with van der Waals surface area (Å²) in [5, 5.41) is 5.74. The molecule has 0 radical (unpaired) electrons. The summed E-state index contributed by atoms with van der Waals surface area (Å²) >= 11 is 8.71. The fourth-order valence-corrected chi connectivity index (χ4v) is 4.70. The van der Waals surface area contributed by atoms with Crippen LogP contribution in [0.4, 0.5) is 5.69 Å². The van der Waals surface area contributed by atoms with Crippen LogP contribution in [0.2, 0.25) is 5.02 Å². The van der Waals surface area contributed by atoms with Crippen molar-refractivity contribution in [2.24, 2.45) is 0 Å². The van der Waals surface area contributed by atoms with Gasteiger partial charge in [0.15, 0.2) is 5.16 Å². The minimum atomic E-state index is -0.211. The Bertz CT molecular complexity index is 1330. The molecule has 31 heavy (non-hydrogen) atoms. The topological polar surface area (TPSA) is 73.2 Å². The van der Waals surface area contributed by atoms with E-state index >= 15 is 0 Å². The molecule has 2 aromatic heterocycles. The molecule has 4 rings (SSSR count). The van der Waals surface area contributed by atoms with Crippen molar-refractivity contribution in [3.05, 3.63) is 74.9 Å². The lowest BCUT2D eigenvalue weighted by Crippen LogP contribution is -2.22. The molecule has 9 heteroatoms. The molecule has 0 saturated heterocycles. The summed E-state index contributed by atoms with van der Waals surface area (Å²) in [4.78, 5) is 30.3. The largest absolute Gasteiger partial charge is 0.497 e. The number of carbonyl (C=O) groups excluding carboxylic acids is 1. The Labute approximate surface area is 191 Å². The van der Waals surface area contributed by atoms with Crippen molar-refractivity contribution in [1.29, 1.82) is 0 Å². The van der Waals surface area contributed by atoms with Gasteiger partial charge < -0.3 is 10.1 Å². The number of anilines is 1. The lowest BCUT2D eigenvalue weighted by molar-refractivity contribution is -0.113. The number of methoxy groups -OCH3 is 1. The Kier molecular flexibility index (Phi) is 6.31. The number of hydrogen-bond donors (Lipinski definition) is 1. The van der Waals surface area contributed by atoms with Gasteiger partial charge in [0.25, 0.3) is 5.56 Å². The summed E-state index contributed by atoms with van der Waals surface area (Å²) in [6.07, 6.45) is 0. The molecular formula is C22H18ClN3O3S2. The molecule has 2 aromatic carbocycles. The summed E-state index contributed by atoms with van der Waals surface area (Å²) in [6.45, 7) is 1.88. The van der Waals surface area contributed by atoms with Gasteiger partial charge in [-0.25, -0.2) is 4.98 Å². The Balaban J connectivity index is 1.64. The molecule has 0 aliphatic rings. The van der Waals surface area contributed by atoms with E-state index < -0.39 is 0 Å². The van der Waals surface area contributed by atoms with Gasteiger partial charge in [0, 0.05) is 16.8 Å². The Hall–Kier alpha value is -2.81. The molecular weight excluding hydrogens is 454 g/mol. The van der Waals surface area contributed by atoms with Gasteiger partial charge in [-0.3, -0.25) is 14.2 Å². The number of aromatic nitrogens is 2. The average Bonchev–Trinajstić information content (AvgIpc) is 3.24. The van der Waals surface area contributed by atoms with Crippen LogP contribution in [0.25, 0.3) is 15.9 Å². The normalized spacial score (nSPS) is 10.9. The van der Waals surface area contributed by atoms with E-state index in [9.17, 15) is 9.59 Å². The smallest absolute Gasteiger partial charge is 0.276 e. The molecule has 0 saturated carbocycles. The summed E-state index contributed by atoms with van der Waals surface area (Å²) in [5.74, 6) is 0.532. The van der Waals surface area contributed by atoms with Gasteiger partial charge in [0.2, 0.25) is 5.91 Å². The fourth-order valence-electron chi connectivity index (χ4n) is 3.01. The first-order valence-corrected chi connectivity index (χ1v) is 11.5. The Morgan fingerprint density at radius 1 is 1.26 bits per heavy atom. The molecule has 0 aliphatic heterocycles. The highest BCUT2D eigenvalue weighted by atomic mass is 35.5. The molecule has 158 valence electrons. The highest BCUT2D eigenvalue weighted by Crippen LogP contribution is 2.26. The van der Waals surface area contributed by atoms with E-state index in [-0.39, 0.29) is 17.2 Å². The molecule has 4 aromatic rings. The van der Waals surface area contributed by atoms with Crippen LogP contribution in [0, 0.1) is 6.92 Å². The number of amides is 1. The maximum Gasteiger partial charge on any atom is 0.276 e. The number of ether oxygens (including phenoxy) is 1. The number of nitrogens with one attached hydrogen (secondary N) is 1. The van der Waals surface area contributed by atoms with Crippen molar-refractivity contribution in [3.8, 4) is 11.4 Å². The third-order valence-corrected chi connectivity index (χ3v) is 6.79. The maximum absolute atomic E-state index is 13.2. The van der Waals surface area contributed by atoms with Crippen LogP contribution >= 0.6 is 34.7 Å². The monoisotopic (exact) mass is 471 g/mol. The quantitative estimate of drug-likeness (QED) is 0.311. The predicted molar refractivity (Wildman–Crippen MR) is 127 cm³/mol. The van der Waals surface area contributed by atoms with Crippen molar-refractivity contribution < 1.29 is 9.53 Å². The Morgan fingerprint density at radius 3 is 2.87 bits per heavy atom. The SMILES string of the molecule is COc1cccc(NC(=O)CSc2nc3ccsc3c(=O)n2-c2ccc(Cl)c(C)c2)c1. The van der Waals surface area contributed by atoms with E-state index in [2.05, 4.69) is 10.3 Å². The molecule has 0 unspecified atom stereocenters. The lowest BCUT2D eigenvalue weighted by Gasteiger charge is -2.13. The number of carbonyl (C=O) groups is 1. The number of hydrogen-bond acceptors (Lipinski definition) is 6. The molecule has 0 aliphatic carbocycles. The summed E-state index contributed by atoms with van der Waals surface area (Å²) in [6, 6.07) is 14.3. The third kappa shape index (κ3) is 4.61. The van der Waals surface area contributed by atoms with Crippen LogP contribution in [0.1, 0.15) is 5.56 Å². The van der Waals surface area contributed by atoms with Gasteiger partial charge in [-0.15, -0.1) is 11.3 Å². The van der Waals surface area contributed by atoms with Crippen molar-refractivity contribution in [2.75, 3.05) is 18.2 Å². The minimum Gasteiger partial charge on any atom is -0.497 e. The average molecular weight is 472 g/mol. The van der Waals surface area contributed by atoms with Gasteiger partial charge in [-0.05, 0) is 54.3 Å². The molecule has 0 spiro atoms. The number of nitrogens with zero attached hydrogens (tertiary/aromatic N) is 2. The van der Waals surface area contributed by atoms with E-state index in [0.717, 1.165) is 5.56 Å². The zero-order chi connectivity index (χ0) is 22.0. The van der Waals surface area contributed by atoms with Crippen molar-refractivity contribution in [3.63, 3.8) is 0 Å². The van der Waals surface area contributed by atoms with Crippen molar-refractivity contribution >= 4 is 56.5 Å². The highest BCUT2D eigenvalue weighted by molar-refractivity contribution is 7.99. The van der Waals surface area contributed by atoms with Gasteiger partial charge in [-0.1, -0.05) is 29.4 Å². The minimum absolute atomic E-state index is 0.0892. The van der Waals surface area contributed by atoms with E-state index in [1.54, 1.807) is 49.6 Å². The third-order valence-electron chi connectivity index (χ3n) is 4.53. The predicted octanol–water partition coefficient (Wildman–Crippen LogP) is 5.15. The maximum atomic E-state index is 13.2. The van der Waals surface area contributed by atoms with Crippen LogP contribution in [-0.2, 0) is 4.79 Å². The number of benzene rings is 2. The first kappa shape index (κ1) is 21.4. The van der Waals surface area contributed by atoms with Gasteiger partial charge >= 0.3 is 0 Å². The van der Waals surface area contributed by atoms with E-state index in [0.29, 0.717) is 37.5 Å². The molecule has 6 nitrogen and oxygen atoms in total. The summed E-state index contributed by atoms with van der Waals surface area (Å²) in [5.41, 5.74) is 2.59. The van der Waals surface area contributed by atoms with E-state index in [4.69, 9.17) is 16.3 Å². The van der Waals surface area contributed by atoms with E-state index in [1.807, 2.05) is 18.4 Å². The fraction of sp³-hybridized carbons (Fsp3) is 0.136. The van der Waals surface area contributed by atoms with Crippen LogP contribution in [0.3, 0.4) is 0 Å². The van der Waals surface area contributed by atoms with Crippen LogP contribution < -0.4 is 15.6 Å². The molecule has 1 N–H and O–H groups in total. The van der Waals surface area contributed by atoms with Crippen LogP contribution in [0.5, 0.6) is 5.75 Å². The summed E-state index contributed by atoms with van der Waals surface area (Å²) < 4.78 is 7.28. The van der Waals surface area contributed by atoms with Gasteiger partial charge in [0.1, 0.15) is 10.4 Å². The second-order valence-electron chi connectivity index (χ2n) is 6.67. The van der Waals surface area contributed by atoms with Crippen LogP contribution in [-0.4, -0.2) is 28.3 Å². The van der Waals surface area contributed by atoms with Gasteiger partial charge in [0.05, 0.1) is 24.1 Å². The first-order valence-electron chi connectivity index (χ1n) is 9.30. The number of fused-ring (bicyclic) bond motifs is 1. The molecule has 0 atom stereocenters. The number of thiophene rings is 1. The Morgan fingerprint density at radius 2 is 2.10 bits per heavy atom. The lowest BCUT2D eigenvalue weighted by atomic mass is 10.2. The molecule has 0 fully saturated rings. The first-order chi connectivity index (χ1) is 15.0. The van der Waals surface area contributed by atoms with Crippen molar-refractivity contribution in [2.45, 2.75) is 12.1 Å². The number of halogens is 1. The standard InChI is InChI=1S/C22H18ClN3O3S2/c1-13-10-15(6-7-17(13)23)26-21(28)20-18(8-9-30-20)25-22(26)31-12-19(27)24-14-4-3-5-16(11-14)29-2/h3-11H,12H2,1-2H3,(H,24,27). The number of aryl methyl sites for hydroxylation is 1. The van der Waals surface area contributed by atoms with Gasteiger partial charge in [-0.2, -0.15) is 0 Å². The van der Waals surface area contributed by atoms with E-state index in [1.165, 1.54) is 27.7 Å². The molecule has 2 heterocycles. The van der Waals surface area contributed by atoms with Crippen LogP contribution in [0.15, 0.2) is 63.9 Å². The molecule has 1 amide bonds. The number of rotatable bonds is 6. The number of thioether (sulfide) groups is 1. The van der Waals surface area contributed by atoms with Crippen molar-refractivity contribution in [1.82, 2.24) is 9.55 Å².